The van der Waals surface area contributed by atoms with Gasteiger partial charge in [-0.2, -0.15) is 5.26 Å². The third-order valence-corrected chi connectivity index (χ3v) is 3.64. The third-order valence-electron chi connectivity index (χ3n) is 3.64. The summed E-state index contributed by atoms with van der Waals surface area (Å²) < 4.78 is 0. The van der Waals surface area contributed by atoms with Gasteiger partial charge in [0.15, 0.2) is 0 Å². The fourth-order valence-corrected chi connectivity index (χ4v) is 2.48. The third kappa shape index (κ3) is 5.25. The van der Waals surface area contributed by atoms with E-state index in [1.165, 1.54) is 0 Å². The summed E-state index contributed by atoms with van der Waals surface area (Å²) in [6.45, 7) is 0. The van der Waals surface area contributed by atoms with Crippen molar-refractivity contribution in [2.75, 3.05) is 5.32 Å². The number of hydrogen-bond donors (Lipinski definition) is 2. The number of nitrogens with zero attached hydrogens (tertiary/aromatic N) is 1. The van der Waals surface area contributed by atoms with Crippen LogP contribution in [0.1, 0.15) is 29.9 Å². The molecule has 0 radical (unpaired) electrons. The number of carbonyl (C=O) groups is 2. The van der Waals surface area contributed by atoms with Crippen molar-refractivity contribution in [3.05, 3.63) is 65.7 Å². The SMILES string of the molecule is N#CCc1ccc(NC(=O)C[C@H](CC(=O)O)c2ccccc2)cc1. The van der Waals surface area contributed by atoms with Gasteiger partial charge in [-0.25, -0.2) is 0 Å². The molecule has 2 aromatic carbocycles. The molecule has 1 amide bonds. The maximum atomic E-state index is 12.2. The lowest BCUT2D eigenvalue weighted by Crippen LogP contribution is -2.17. The molecule has 0 saturated carbocycles. The first kappa shape index (κ1) is 17.2. The number of hydrogen-bond acceptors (Lipinski definition) is 3. The molecule has 2 aromatic rings. The Morgan fingerprint density at radius 2 is 1.71 bits per heavy atom. The lowest BCUT2D eigenvalue weighted by molar-refractivity contribution is -0.137. The number of carboxylic acid groups (broad SMARTS) is 1. The summed E-state index contributed by atoms with van der Waals surface area (Å²) in [5.74, 6) is -1.54. The van der Waals surface area contributed by atoms with Crippen LogP contribution in [0.25, 0.3) is 0 Å². The molecule has 0 bridgehead atoms. The van der Waals surface area contributed by atoms with Gasteiger partial charge in [0.2, 0.25) is 5.91 Å². The molecule has 0 aliphatic rings. The molecular formula is C19H18N2O3. The molecule has 0 aromatic heterocycles. The molecule has 5 nitrogen and oxygen atoms in total. The second-order valence-corrected chi connectivity index (χ2v) is 5.49. The Bertz CT molecular complexity index is 733. The Kier molecular flexibility index (Phi) is 6.09. The van der Waals surface area contributed by atoms with E-state index in [2.05, 4.69) is 11.4 Å². The Morgan fingerprint density at radius 1 is 1.04 bits per heavy atom. The van der Waals surface area contributed by atoms with Crippen LogP contribution >= 0.6 is 0 Å². The van der Waals surface area contributed by atoms with Crippen LogP contribution in [0.5, 0.6) is 0 Å². The van der Waals surface area contributed by atoms with Gasteiger partial charge in [-0.1, -0.05) is 42.5 Å². The fraction of sp³-hybridized carbons (Fsp3) is 0.211. The second-order valence-electron chi connectivity index (χ2n) is 5.49. The summed E-state index contributed by atoms with van der Waals surface area (Å²) in [6.07, 6.45) is 0.317. The monoisotopic (exact) mass is 322 g/mol. The Balaban J connectivity index is 2.02. The van der Waals surface area contributed by atoms with Crippen molar-refractivity contribution in [2.45, 2.75) is 25.2 Å². The van der Waals surface area contributed by atoms with Gasteiger partial charge in [-0.15, -0.1) is 0 Å². The first-order valence-corrected chi connectivity index (χ1v) is 7.61. The van der Waals surface area contributed by atoms with Crippen molar-refractivity contribution in [3.63, 3.8) is 0 Å². The summed E-state index contributed by atoms with van der Waals surface area (Å²) >= 11 is 0. The van der Waals surface area contributed by atoms with E-state index < -0.39 is 5.97 Å². The smallest absolute Gasteiger partial charge is 0.303 e. The van der Waals surface area contributed by atoms with Crippen molar-refractivity contribution in [1.82, 2.24) is 0 Å². The molecule has 2 rings (SSSR count). The molecular weight excluding hydrogens is 304 g/mol. The fourth-order valence-electron chi connectivity index (χ4n) is 2.48. The topological polar surface area (TPSA) is 90.2 Å². The van der Waals surface area contributed by atoms with Gasteiger partial charge in [0.05, 0.1) is 18.9 Å². The van der Waals surface area contributed by atoms with E-state index in [1.807, 2.05) is 30.3 Å². The van der Waals surface area contributed by atoms with Crippen molar-refractivity contribution < 1.29 is 14.7 Å². The highest BCUT2D eigenvalue weighted by molar-refractivity contribution is 5.91. The maximum absolute atomic E-state index is 12.2. The summed E-state index contributed by atoms with van der Waals surface area (Å²) in [7, 11) is 0. The number of amides is 1. The van der Waals surface area contributed by atoms with Crippen LogP contribution in [-0.4, -0.2) is 17.0 Å². The Hall–Kier alpha value is -3.13. The Morgan fingerprint density at radius 3 is 2.29 bits per heavy atom. The van der Waals surface area contributed by atoms with Crippen molar-refractivity contribution in [1.29, 1.82) is 5.26 Å². The minimum Gasteiger partial charge on any atom is -0.481 e. The molecule has 24 heavy (non-hydrogen) atoms. The summed E-state index contributed by atoms with van der Waals surface area (Å²) in [6, 6.07) is 18.3. The van der Waals surface area contributed by atoms with E-state index in [9.17, 15) is 9.59 Å². The highest BCUT2D eigenvalue weighted by atomic mass is 16.4. The number of nitrogens with one attached hydrogen (secondary N) is 1. The summed E-state index contributed by atoms with van der Waals surface area (Å²) in [5.41, 5.74) is 2.34. The zero-order valence-electron chi connectivity index (χ0n) is 13.1. The van der Waals surface area contributed by atoms with E-state index in [0.29, 0.717) is 12.1 Å². The van der Waals surface area contributed by atoms with Gasteiger partial charge in [-0.3, -0.25) is 9.59 Å². The highest BCUT2D eigenvalue weighted by Crippen LogP contribution is 2.24. The maximum Gasteiger partial charge on any atom is 0.303 e. The number of rotatable bonds is 7. The molecule has 0 saturated heterocycles. The minimum absolute atomic E-state index is 0.0935. The first-order chi connectivity index (χ1) is 11.6. The number of aliphatic carboxylic acids is 1. The minimum atomic E-state index is -0.933. The van der Waals surface area contributed by atoms with Crippen molar-refractivity contribution >= 4 is 17.6 Å². The zero-order valence-corrected chi connectivity index (χ0v) is 13.1. The van der Waals surface area contributed by atoms with Crippen LogP contribution in [-0.2, 0) is 16.0 Å². The van der Waals surface area contributed by atoms with Crippen LogP contribution in [0.3, 0.4) is 0 Å². The van der Waals surface area contributed by atoms with Gasteiger partial charge in [0.1, 0.15) is 0 Å². The first-order valence-electron chi connectivity index (χ1n) is 7.61. The zero-order chi connectivity index (χ0) is 17.4. The van der Waals surface area contributed by atoms with Gasteiger partial charge in [0, 0.05) is 18.0 Å². The molecule has 0 unspecified atom stereocenters. The van der Waals surface area contributed by atoms with E-state index in [-0.39, 0.29) is 24.7 Å². The highest BCUT2D eigenvalue weighted by Gasteiger charge is 2.19. The predicted molar refractivity (Wildman–Crippen MR) is 90.4 cm³/mol. The number of anilines is 1. The standard InChI is InChI=1S/C19H18N2O3/c20-11-10-14-6-8-17(9-7-14)21-18(22)12-16(13-19(23)24)15-4-2-1-3-5-15/h1-9,16H,10,12-13H2,(H,21,22)(H,23,24)/t16-/m1/s1. The summed E-state index contributed by atoms with van der Waals surface area (Å²) in [5, 5.41) is 20.5. The largest absolute Gasteiger partial charge is 0.481 e. The summed E-state index contributed by atoms with van der Waals surface area (Å²) in [4.78, 5) is 23.3. The van der Waals surface area contributed by atoms with Crippen LogP contribution < -0.4 is 5.32 Å². The molecule has 0 aliphatic carbocycles. The van der Waals surface area contributed by atoms with Crippen LogP contribution in [0, 0.1) is 11.3 Å². The van der Waals surface area contributed by atoms with Crippen LogP contribution in [0.4, 0.5) is 5.69 Å². The molecule has 0 heterocycles. The van der Waals surface area contributed by atoms with Crippen molar-refractivity contribution in [2.24, 2.45) is 0 Å². The lowest BCUT2D eigenvalue weighted by Gasteiger charge is -2.15. The van der Waals surface area contributed by atoms with Gasteiger partial charge in [0.25, 0.3) is 0 Å². The molecule has 122 valence electrons. The van der Waals surface area contributed by atoms with Crippen LogP contribution in [0.15, 0.2) is 54.6 Å². The van der Waals surface area contributed by atoms with E-state index >= 15 is 0 Å². The molecule has 2 N–H and O–H groups in total. The number of nitriles is 1. The second kappa shape index (κ2) is 8.49. The predicted octanol–water partition coefficient (Wildman–Crippen LogP) is 3.34. The van der Waals surface area contributed by atoms with E-state index in [1.54, 1.807) is 24.3 Å². The van der Waals surface area contributed by atoms with Crippen LogP contribution in [0.2, 0.25) is 0 Å². The van der Waals surface area contributed by atoms with Gasteiger partial charge < -0.3 is 10.4 Å². The quantitative estimate of drug-likeness (QED) is 0.818. The van der Waals surface area contributed by atoms with Crippen molar-refractivity contribution in [3.8, 4) is 6.07 Å². The molecule has 0 aliphatic heterocycles. The molecule has 1 atom stereocenters. The number of carboxylic acids is 1. The normalized spacial score (nSPS) is 11.3. The molecule has 5 heteroatoms. The lowest BCUT2D eigenvalue weighted by atomic mass is 9.92. The number of carbonyl (C=O) groups excluding carboxylic acids is 1. The van der Waals surface area contributed by atoms with Gasteiger partial charge >= 0.3 is 5.97 Å². The average Bonchev–Trinajstić information content (AvgIpc) is 2.57. The molecule has 0 spiro atoms. The average molecular weight is 322 g/mol. The van der Waals surface area contributed by atoms with Gasteiger partial charge in [-0.05, 0) is 23.3 Å². The number of benzene rings is 2. The Labute approximate surface area is 140 Å². The van der Waals surface area contributed by atoms with E-state index in [0.717, 1.165) is 11.1 Å². The molecule has 0 fully saturated rings. The van der Waals surface area contributed by atoms with E-state index in [4.69, 9.17) is 10.4 Å².